The Morgan fingerprint density at radius 3 is 2.40 bits per heavy atom. The second-order valence-corrected chi connectivity index (χ2v) is 4.94. The van der Waals surface area contributed by atoms with Crippen LogP contribution in [0.25, 0.3) is 0 Å². The first-order chi connectivity index (χ1) is 9.65. The van der Waals surface area contributed by atoms with Gasteiger partial charge >= 0.3 is 0 Å². The fourth-order valence-corrected chi connectivity index (χ4v) is 2.05. The number of rotatable bonds is 5. The molecule has 106 valence electrons. The Balaban J connectivity index is 2.25. The standard InChI is InChI=1S/C16H21N3O/c1-5-14-15(17-4)18-10-19-16(14)20-13-8-6-12(7-9-13)11(2)3/h6-11H,5H2,1-4H3,(H,17,18,19). The Morgan fingerprint density at radius 1 is 1.15 bits per heavy atom. The highest BCUT2D eigenvalue weighted by molar-refractivity contribution is 5.49. The molecule has 4 heteroatoms. The van der Waals surface area contributed by atoms with E-state index in [0.717, 1.165) is 23.6 Å². The number of anilines is 1. The van der Waals surface area contributed by atoms with Crippen molar-refractivity contribution < 1.29 is 4.74 Å². The Labute approximate surface area is 120 Å². The third-order valence-electron chi connectivity index (χ3n) is 3.26. The molecular weight excluding hydrogens is 250 g/mol. The van der Waals surface area contributed by atoms with Crippen molar-refractivity contribution in [3.63, 3.8) is 0 Å². The third kappa shape index (κ3) is 3.07. The summed E-state index contributed by atoms with van der Waals surface area (Å²) in [7, 11) is 1.85. The van der Waals surface area contributed by atoms with Gasteiger partial charge in [0.1, 0.15) is 17.9 Å². The highest BCUT2D eigenvalue weighted by atomic mass is 16.5. The molecule has 1 N–H and O–H groups in total. The molecule has 0 saturated heterocycles. The molecule has 1 aromatic carbocycles. The van der Waals surface area contributed by atoms with E-state index in [2.05, 4.69) is 48.2 Å². The van der Waals surface area contributed by atoms with Crippen molar-refractivity contribution in [3.05, 3.63) is 41.7 Å². The number of nitrogens with one attached hydrogen (secondary N) is 1. The molecule has 0 amide bonds. The molecule has 0 unspecified atom stereocenters. The molecule has 0 aliphatic carbocycles. The van der Waals surface area contributed by atoms with Gasteiger partial charge in [-0.15, -0.1) is 0 Å². The lowest BCUT2D eigenvalue weighted by Gasteiger charge is -2.12. The maximum atomic E-state index is 5.89. The quantitative estimate of drug-likeness (QED) is 0.893. The van der Waals surface area contributed by atoms with E-state index in [9.17, 15) is 0 Å². The second kappa shape index (κ2) is 6.37. The van der Waals surface area contributed by atoms with E-state index >= 15 is 0 Å². The molecule has 20 heavy (non-hydrogen) atoms. The molecule has 2 aromatic rings. The van der Waals surface area contributed by atoms with Crippen molar-refractivity contribution in [2.45, 2.75) is 33.1 Å². The number of aromatic nitrogens is 2. The van der Waals surface area contributed by atoms with Gasteiger partial charge in [0.15, 0.2) is 0 Å². The largest absolute Gasteiger partial charge is 0.439 e. The van der Waals surface area contributed by atoms with E-state index in [1.165, 1.54) is 11.9 Å². The summed E-state index contributed by atoms with van der Waals surface area (Å²) >= 11 is 0. The Kier molecular flexibility index (Phi) is 4.56. The first-order valence-corrected chi connectivity index (χ1v) is 6.95. The molecule has 2 rings (SSSR count). The van der Waals surface area contributed by atoms with Crippen LogP contribution in [-0.2, 0) is 6.42 Å². The second-order valence-electron chi connectivity index (χ2n) is 4.94. The predicted molar refractivity (Wildman–Crippen MR) is 81.6 cm³/mol. The first-order valence-electron chi connectivity index (χ1n) is 6.95. The lowest BCUT2D eigenvalue weighted by Crippen LogP contribution is -2.02. The molecule has 0 spiro atoms. The van der Waals surface area contributed by atoms with Gasteiger partial charge in [0.2, 0.25) is 5.88 Å². The molecule has 0 bridgehead atoms. The Hall–Kier alpha value is -2.10. The van der Waals surface area contributed by atoms with Gasteiger partial charge in [-0.25, -0.2) is 9.97 Å². The van der Waals surface area contributed by atoms with Crippen molar-refractivity contribution >= 4 is 5.82 Å². The van der Waals surface area contributed by atoms with E-state index < -0.39 is 0 Å². The van der Waals surface area contributed by atoms with Gasteiger partial charge in [-0.2, -0.15) is 0 Å². The van der Waals surface area contributed by atoms with Crippen LogP contribution in [0.1, 0.15) is 37.8 Å². The van der Waals surface area contributed by atoms with E-state index in [1.54, 1.807) is 0 Å². The van der Waals surface area contributed by atoms with Crippen LogP contribution in [0.5, 0.6) is 11.6 Å². The molecule has 4 nitrogen and oxygen atoms in total. The monoisotopic (exact) mass is 271 g/mol. The summed E-state index contributed by atoms with van der Waals surface area (Å²) in [5, 5.41) is 3.07. The molecule has 0 saturated carbocycles. The van der Waals surface area contributed by atoms with Gasteiger partial charge in [-0.1, -0.05) is 32.9 Å². The van der Waals surface area contributed by atoms with E-state index in [1.807, 2.05) is 19.2 Å². The summed E-state index contributed by atoms with van der Waals surface area (Å²) in [6, 6.07) is 8.14. The van der Waals surface area contributed by atoms with Crippen LogP contribution in [0.3, 0.4) is 0 Å². The van der Waals surface area contributed by atoms with Crippen LogP contribution in [0.4, 0.5) is 5.82 Å². The van der Waals surface area contributed by atoms with E-state index in [-0.39, 0.29) is 0 Å². The zero-order valence-corrected chi connectivity index (χ0v) is 12.5. The molecule has 0 aliphatic rings. The Bertz CT molecular complexity index is 564. The average molecular weight is 271 g/mol. The smallest absolute Gasteiger partial charge is 0.227 e. The van der Waals surface area contributed by atoms with Gasteiger partial charge in [0.25, 0.3) is 0 Å². The van der Waals surface area contributed by atoms with Crippen LogP contribution in [0, 0.1) is 0 Å². The molecule has 0 aliphatic heterocycles. The Morgan fingerprint density at radius 2 is 1.85 bits per heavy atom. The lowest BCUT2D eigenvalue weighted by atomic mass is 10.0. The zero-order chi connectivity index (χ0) is 14.5. The first kappa shape index (κ1) is 14.3. The van der Waals surface area contributed by atoms with Gasteiger partial charge in [-0.3, -0.25) is 0 Å². The van der Waals surface area contributed by atoms with Gasteiger partial charge in [-0.05, 0) is 30.0 Å². The zero-order valence-electron chi connectivity index (χ0n) is 12.5. The summed E-state index contributed by atoms with van der Waals surface area (Å²) in [4.78, 5) is 8.44. The van der Waals surface area contributed by atoms with Gasteiger partial charge in [0.05, 0.1) is 5.56 Å². The van der Waals surface area contributed by atoms with Crippen LogP contribution in [0.15, 0.2) is 30.6 Å². The van der Waals surface area contributed by atoms with Crippen molar-refractivity contribution in [2.75, 3.05) is 12.4 Å². The number of benzene rings is 1. The maximum Gasteiger partial charge on any atom is 0.227 e. The summed E-state index contributed by atoms with van der Waals surface area (Å²) in [6.45, 7) is 6.41. The van der Waals surface area contributed by atoms with E-state index in [4.69, 9.17) is 4.74 Å². The minimum atomic E-state index is 0.519. The summed E-state index contributed by atoms with van der Waals surface area (Å²) in [5.74, 6) is 2.75. The number of hydrogen-bond acceptors (Lipinski definition) is 4. The van der Waals surface area contributed by atoms with Crippen molar-refractivity contribution in [3.8, 4) is 11.6 Å². The molecule has 1 heterocycles. The van der Waals surface area contributed by atoms with Crippen LogP contribution < -0.4 is 10.1 Å². The average Bonchev–Trinajstić information content (AvgIpc) is 2.47. The number of ether oxygens (including phenoxy) is 1. The lowest BCUT2D eigenvalue weighted by molar-refractivity contribution is 0.455. The summed E-state index contributed by atoms with van der Waals surface area (Å²) < 4.78 is 5.89. The van der Waals surface area contributed by atoms with Gasteiger partial charge in [0, 0.05) is 7.05 Å². The SMILES string of the molecule is CCc1c(NC)ncnc1Oc1ccc(C(C)C)cc1. The number of nitrogens with zero attached hydrogens (tertiary/aromatic N) is 2. The highest BCUT2D eigenvalue weighted by Crippen LogP contribution is 2.28. The topological polar surface area (TPSA) is 47.0 Å². The summed E-state index contributed by atoms with van der Waals surface area (Å²) in [6.07, 6.45) is 2.33. The fourth-order valence-electron chi connectivity index (χ4n) is 2.05. The summed E-state index contributed by atoms with van der Waals surface area (Å²) in [5.41, 5.74) is 2.29. The maximum absolute atomic E-state index is 5.89. The molecular formula is C16H21N3O. The minimum Gasteiger partial charge on any atom is -0.439 e. The van der Waals surface area contributed by atoms with Crippen molar-refractivity contribution in [1.82, 2.24) is 9.97 Å². The van der Waals surface area contributed by atoms with E-state index in [0.29, 0.717) is 11.8 Å². The normalized spacial score (nSPS) is 10.7. The third-order valence-corrected chi connectivity index (χ3v) is 3.26. The van der Waals surface area contributed by atoms with Crippen LogP contribution >= 0.6 is 0 Å². The minimum absolute atomic E-state index is 0.519. The molecule has 1 aromatic heterocycles. The van der Waals surface area contributed by atoms with Crippen LogP contribution in [-0.4, -0.2) is 17.0 Å². The molecule has 0 atom stereocenters. The highest BCUT2D eigenvalue weighted by Gasteiger charge is 2.11. The number of hydrogen-bond donors (Lipinski definition) is 1. The van der Waals surface area contributed by atoms with Crippen molar-refractivity contribution in [1.29, 1.82) is 0 Å². The molecule has 0 fully saturated rings. The molecule has 0 radical (unpaired) electrons. The fraction of sp³-hybridized carbons (Fsp3) is 0.375. The van der Waals surface area contributed by atoms with Crippen LogP contribution in [0.2, 0.25) is 0 Å². The predicted octanol–water partition coefficient (Wildman–Crippen LogP) is 4.00. The van der Waals surface area contributed by atoms with Gasteiger partial charge < -0.3 is 10.1 Å². The van der Waals surface area contributed by atoms with Crippen molar-refractivity contribution in [2.24, 2.45) is 0 Å².